The van der Waals surface area contributed by atoms with Gasteiger partial charge in [-0.1, -0.05) is 15.9 Å². The van der Waals surface area contributed by atoms with Gasteiger partial charge in [0.15, 0.2) is 5.69 Å². The summed E-state index contributed by atoms with van der Waals surface area (Å²) in [6.07, 6.45) is 2.06. The molecule has 0 saturated heterocycles. The number of carbonyl (C=O) groups excluding carboxylic acids is 1. The molecule has 0 amide bonds. The molecule has 0 aliphatic carbocycles. The number of anilines is 1. The number of halogens is 1. The summed E-state index contributed by atoms with van der Waals surface area (Å²) in [6.45, 7) is 0.827. The smallest absolute Gasteiger partial charge is 0.356 e. The van der Waals surface area contributed by atoms with E-state index in [4.69, 9.17) is 4.74 Å². The normalized spacial score (nSPS) is 10.6. The van der Waals surface area contributed by atoms with Gasteiger partial charge >= 0.3 is 5.97 Å². The SMILES string of the molecule is COC(=O)c1cc(NCCSC)c2cc(Br)ccc2n1. The Bertz CT molecular complexity index is 634. The maximum Gasteiger partial charge on any atom is 0.356 e. The number of fused-ring (bicyclic) bond motifs is 1. The first kappa shape index (κ1) is 15.1. The molecule has 0 atom stereocenters. The number of carbonyl (C=O) groups is 1. The monoisotopic (exact) mass is 354 g/mol. The quantitative estimate of drug-likeness (QED) is 0.657. The van der Waals surface area contributed by atoms with Crippen LogP contribution in [0.1, 0.15) is 10.5 Å². The summed E-state index contributed by atoms with van der Waals surface area (Å²) >= 11 is 5.22. The minimum absolute atomic E-state index is 0.314. The van der Waals surface area contributed by atoms with Crippen LogP contribution in [0, 0.1) is 0 Å². The average Bonchev–Trinajstić information content (AvgIpc) is 2.46. The van der Waals surface area contributed by atoms with Gasteiger partial charge in [-0.25, -0.2) is 9.78 Å². The zero-order chi connectivity index (χ0) is 14.5. The molecule has 1 aromatic carbocycles. The molecule has 6 heteroatoms. The van der Waals surface area contributed by atoms with Crippen molar-refractivity contribution in [3.63, 3.8) is 0 Å². The van der Waals surface area contributed by atoms with E-state index < -0.39 is 5.97 Å². The van der Waals surface area contributed by atoms with Gasteiger partial charge in [-0.2, -0.15) is 11.8 Å². The third kappa shape index (κ3) is 3.43. The first-order chi connectivity index (χ1) is 9.65. The van der Waals surface area contributed by atoms with Crippen molar-refractivity contribution in [2.24, 2.45) is 0 Å². The molecule has 2 aromatic rings. The van der Waals surface area contributed by atoms with Crippen molar-refractivity contribution in [3.05, 3.63) is 34.4 Å². The fraction of sp³-hybridized carbons (Fsp3) is 0.286. The summed E-state index contributed by atoms with van der Waals surface area (Å²) in [4.78, 5) is 16.0. The Morgan fingerprint density at radius 2 is 2.25 bits per heavy atom. The minimum Gasteiger partial charge on any atom is -0.464 e. The van der Waals surface area contributed by atoms with Gasteiger partial charge in [0.05, 0.1) is 12.6 Å². The molecule has 1 N–H and O–H groups in total. The van der Waals surface area contributed by atoms with Gasteiger partial charge in [-0.05, 0) is 30.5 Å². The lowest BCUT2D eigenvalue weighted by Crippen LogP contribution is -2.09. The molecule has 0 aliphatic heterocycles. The number of pyridine rings is 1. The molecule has 0 unspecified atom stereocenters. The lowest BCUT2D eigenvalue weighted by molar-refractivity contribution is 0.0594. The van der Waals surface area contributed by atoms with Gasteiger partial charge in [0.2, 0.25) is 0 Å². The molecule has 20 heavy (non-hydrogen) atoms. The molecule has 1 aromatic heterocycles. The van der Waals surface area contributed by atoms with Crippen LogP contribution in [0.15, 0.2) is 28.7 Å². The summed E-state index contributed by atoms with van der Waals surface area (Å²) in [7, 11) is 1.36. The fourth-order valence-electron chi connectivity index (χ4n) is 1.84. The maximum absolute atomic E-state index is 11.7. The highest BCUT2D eigenvalue weighted by Gasteiger charge is 2.12. The van der Waals surface area contributed by atoms with E-state index in [1.54, 1.807) is 17.8 Å². The molecule has 0 aliphatic rings. The topological polar surface area (TPSA) is 51.2 Å². The van der Waals surface area contributed by atoms with Gasteiger partial charge in [0.1, 0.15) is 0 Å². The second kappa shape index (κ2) is 6.95. The van der Waals surface area contributed by atoms with Crippen molar-refractivity contribution in [1.29, 1.82) is 0 Å². The van der Waals surface area contributed by atoms with Crippen molar-refractivity contribution < 1.29 is 9.53 Å². The number of benzene rings is 1. The molecular formula is C14H15BrN2O2S. The summed E-state index contributed by atoms with van der Waals surface area (Å²) in [5, 5.41) is 4.33. The van der Waals surface area contributed by atoms with Gasteiger partial charge in [-0.15, -0.1) is 0 Å². The van der Waals surface area contributed by atoms with E-state index in [9.17, 15) is 4.79 Å². The van der Waals surface area contributed by atoms with Gasteiger partial charge < -0.3 is 10.1 Å². The number of nitrogens with zero attached hydrogens (tertiary/aromatic N) is 1. The van der Waals surface area contributed by atoms with Crippen molar-refractivity contribution in [1.82, 2.24) is 4.98 Å². The Balaban J connectivity index is 2.48. The molecule has 106 valence electrons. The summed E-state index contributed by atoms with van der Waals surface area (Å²) < 4.78 is 5.72. The summed E-state index contributed by atoms with van der Waals surface area (Å²) in [5.41, 5.74) is 1.97. The third-order valence-electron chi connectivity index (χ3n) is 2.79. The summed E-state index contributed by atoms with van der Waals surface area (Å²) in [6, 6.07) is 7.51. The number of aromatic nitrogens is 1. The van der Waals surface area contributed by atoms with Crippen LogP contribution in [0.4, 0.5) is 5.69 Å². The Morgan fingerprint density at radius 1 is 1.45 bits per heavy atom. The standard InChI is InChI=1S/C14H15BrN2O2S/c1-19-14(18)13-8-12(16-5-6-20-2)10-7-9(15)3-4-11(10)17-13/h3-4,7-8H,5-6H2,1-2H3,(H,16,17). The predicted octanol–water partition coefficient (Wildman–Crippen LogP) is 3.56. The van der Waals surface area contributed by atoms with E-state index in [0.29, 0.717) is 5.69 Å². The van der Waals surface area contributed by atoms with E-state index in [1.165, 1.54) is 7.11 Å². The van der Waals surface area contributed by atoms with E-state index in [2.05, 4.69) is 32.5 Å². The maximum atomic E-state index is 11.7. The number of thioether (sulfide) groups is 1. The molecule has 2 rings (SSSR count). The number of ether oxygens (including phenoxy) is 1. The number of nitrogens with one attached hydrogen (secondary N) is 1. The van der Waals surface area contributed by atoms with Crippen molar-refractivity contribution in [2.45, 2.75) is 0 Å². The van der Waals surface area contributed by atoms with Crippen LogP contribution >= 0.6 is 27.7 Å². The van der Waals surface area contributed by atoms with Crippen molar-refractivity contribution in [3.8, 4) is 0 Å². The van der Waals surface area contributed by atoms with Crippen LogP contribution in [0.5, 0.6) is 0 Å². The highest BCUT2D eigenvalue weighted by atomic mass is 79.9. The molecule has 0 fully saturated rings. The van der Waals surface area contributed by atoms with Crippen LogP contribution in [0.2, 0.25) is 0 Å². The van der Waals surface area contributed by atoms with Gasteiger partial charge in [0, 0.05) is 27.8 Å². The number of rotatable bonds is 5. The lowest BCUT2D eigenvalue weighted by Gasteiger charge is -2.11. The van der Waals surface area contributed by atoms with E-state index in [-0.39, 0.29) is 0 Å². The number of hydrogen-bond donors (Lipinski definition) is 1. The molecule has 0 radical (unpaired) electrons. The molecule has 0 spiro atoms. The van der Waals surface area contributed by atoms with Crippen molar-refractivity contribution in [2.75, 3.05) is 31.0 Å². The lowest BCUT2D eigenvalue weighted by atomic mass is 10.1. The number of esters is 1. The zero-order valence-electron chi connectivity index (χ0n) is 11.3. The third-order valence-corrected chi connectivity index (χ3v) is 3.89. The van der Waals surface area contributed by atoms with E-state index >= 15 is 0 Å². The van der Waals surface area contributed by atoms with Crippen LogP contribution in [0.3, 0.4) is 0 Å². The van der Waals surface area contributed by atoms with Crippen molar-refractivity contribution >= 4 is 50.3 Å². The predicted molar refractivity (Wildman–Crippen MR) is 87.7 cm³/mol. The fourth-order valence-corrected chi connectivity index (χ4v) is 2.51. The number of hydrogen-bond acceptors (Lipinski definition) is 5. The second-order valence-corrected chi connectivity index (χ2v) is 6.03. The molecular weight excluding hydrogens is 340 g/mol. The largest absolute Gasteiger partial charge is 0.464 e. The van der Waals surface area contributed by atoms with E-state index in [1.807, 2.05) is 18.2 Å². The molecule has 0 bridgehead atoms. The van der Waals surface area contributed by atoms with Crippen LogP contribution in [-0.2, 0) is 4.74 Å². The Kier molecular flexibility index (Phi) is 5.25. The zero-order valence-corrected chi connectivity index (χ0v) is 13.7. The van der Waals surface area contributed by atoms with Gasteiger partial charge in [-0.3, -0.25) is 0 Å². The second-order valence-electron chi connectivity index (χ2n) is 4.13. The van der Waals surface area contributed by atoms with E-state index in [0.717, 1.165) is 33.4 Å². The Hall–Kier alpha value is -1.27. The average molecular weight is 355 g/mol. The molecule has 0 saturated carbocycles. The highest BCUT2D eigenvalue weighted by molar-refractivity contribution is 9.10. The minimum atomic E-state index is -0.428. The Morgan fingerprint density at radius 3 is 2.95 bits per heavy atom. The first-order valence-electron chi connectivity index (χ1n) is 6.07. The van der Waals surface area contributed by atoms with Crippen LogP contribution in [-0.4, -0.2) is 36.6 Å². The van der Waals surface area contributed by atoms with Gasteiger partial charge in [0.25, 0.3) is 0 Å². The molecule has 1 heterocycles. The highest BCUT2D eigenvalue weighted by Crippen LogP contribution is 2.26. The van der Waals surface area contributed by atoms with Crippen LogP contribution < -0.4 is 5.32 Å². The Labute approximate surface area is 130 Å². The van der Waals surface area contributed by atoms with Crippen LogP contribution in [0.25, 0.3) is 10.9 Å². The molecule has 4 nitrogen and oxygen atoms in total. The summed E-state index contributed by atoms with van der Waals surface area (Å²) in [5.74, 6) is 0.563. The first-order valence-corrected chi connectivity index (χ1v) is 8.26. The number of methoxy groups -OCH3 is 1.